The summed E-state index contributed by atoms with van der Waals surface area (Å²) >= 11 is 1.86. The number of amides is 2. The molecule has 2 aliphatic rings. The number of hydrogen-bond acceptors (Lipinski definition) is 3. The van der Waals surface area contributed by atoms with E-state index in [1.165, 1.54) is 6.08 Å². The number of thioether (sulfide) groups is 1. The van der Waals surface area contributed by atoms with Gasteiger partial charge in [-0.15, -0.1) is 0 Å². The summed E-state index contributed by atoms with van der Waals surface area (Å²) in [6.07, 6.45) is 2.88. The molecule has 4 nitrogen and oxygen atoms in total. The first-order valence-corrected chi connectivity index (χ1v) is 7.15. The highest BCUT2D eigenvalue weighted by atomic mass is 32.2. The van der Waals surface area contributed by atoms with E-state index in [0.717, 1.165) is 24.3 Å². The van der Waals surface area contributed by atoms with Crippen molar-refractivity contribution in [2.75, 3.05) is 24.6 Å². The minimum Gasteiger partial charge on any atom is -0.351 e. The number of carbonyl (C=O) groups is 2. The third-order valence-electron chi connectivity index (χ3n) is 3.34. The minimum absolute atomic E-state index is 0.0285. The second-order valence-corrected chi connectivity index (χ2v) is 5.62. The van der Waals surface area contributed by atoms with Gasteiger partial charge in [-0.25, -0.2) is 0 Å². The molecular weight excluding hydrogens is 236 g/mol. The summed E-state index contributed by atoms with van der Waals surface area (Å²) in [5.74, 6) is 2.30. The number of hydrogen-bond donors (Lipinski definition) is 1. The van der Waals surface area contributed by atoms with Gasteiger partial charge in [0.2, 0.25) is 11.8 Å². The van der Waals surface area contributed by atoms with E-state index in [4.69, 9.17) is 0 Å². The maximum Gasteiger partial charge on any atom is 0.245 e. The quantitative estimate of drug-likeness (QED) is 0.752. The zero-order valence-corrected chi connectivity index (χ0v) is 10.7. The lowest BCUT2D eigenvalue weighted by Crippen LogP contribution is -2.49. The number of likely N-dealkylation sites (tertiary alicyclic amines) is 1. The maximum atomic E-state index is 11.9. The van der Waals surface area contributed by atoms with Gasteiger partial charge in [-0.1, -0.05) is 6.58 Å². The Morgan fingerprint density at radius 1 is 1.29 bits per heavy atom. The van der Waals surface area contributed by atoms with Crippen molar-refractivity contribution in [1.29, 1.82) is 0 Å². The van der Waals surface area contributed by atoms with Gasteiger partial charge in [-0.3, -0.25) is 9.59 Å². The summed E-state index contributed by atoms with van der Waals surface area (Å²) in [4.78, 5) is 25.0. The van der Waals surface area contributed by atoms with E-state index in [1.807, 2.05) is 11.8 Å². The Morgan fingerprint density at radius 2 is 1.94 bits per heavy atom. The van der Waals surface area contributed by atoms with Crippen molar-refractivity contribution in [2.24, 2.45) is 5.92 Å². The van der Waals surface area contributed by atoms with Crippen molar-refractivity contribution >= 4 is 23.6 Å². The first-order chi connectivity index (χ1) is 8.20. The smallest absolute Gasteiger partial charge is 0.245 e. The van der Waals surface area contributed by atoms with E-state index < -0.39 is 0 Å². The Bertz CT molecular complexity index is 320. The van der Waals surface area contributed by atoms with E-state index >= 15 is 0 Å². The van der Waals surface area contributed by atoms with Gasteiger partial charge in [-0.2, -0.15) is 11.8 Å². The summed E-state index contributed by atoms with van der Waals surface area (Å²) in [5, 5.41) is 3.06. The zero-order chi connectivity index (χ0) is 12.3. The summed E-state index contributed by atoms with van der Waals surface area (Å²) < 4.78 is 0. The molecule has 2 amide bonds. The molecule has 0 aliphatic carbocycles. The molecule has 2 fully saturated rings. The van der Waals surface area contributed by atoms with Crippen LogP contribution >= 0.6 is 11.8 Å². The summed E-state index contributed by atoms with van der Waals surface area (Å²) in [6, 6.07) is 0.375. The van der Waals surface area contributed by atoms with Gasteiger partial charge in [-0.05, 0) is 18.9 Å². The SMILES string of the molecule is C=CC(=O)N1CCC(C(=O)NC2CSC2)CC1. The number of rotatable bonds is 3. The molecule has 17 heavy (non-hydrogen) atoms. The predicted octanol–water partition coefficient (Wildman–Crippen LogP) is 0.643. The summed E-state index contributed by atoms with van der Waals surface area (Å²) in [7, 11) is 0. The van der Waals surface area contributed by atoms with Gasteiger partial charge in [0.05, 0.1) is 0 Å². The fraction of sp³-hybridized carbons (Fsp3) is 0.667. The number of nitrogens with zero attached hydrogens (tertiary/aromatic N) is 1. The van der Waals surface area contributed by atoms with E-state index in [1.54, 1.807) is 4.90 Å². The molecule has 1 N–H and O–H groups in total. The van der Waals surface area contributed by atoms with Crippen molar-refractivity contribution in [3.8, 4) is 0 Å². The fourth-order valence-electron chi connectivity index (χ4n) is 2.13. The fourth-order valence-corrected chi connectivity index (χ4v) is 2.77. The van der Waals surface area contributed by atoms with Crippen LogP contribution in [0.15, 0.2) is 12.7 Å². The Balaban J connectivity index is 1.75. The van der Waals surface area contributed by atoms with Crippen LogP contribution in [0.1, 0.15) is 12.8 Å². The molecule has 2 saturated heterocycles. The largest absolute Gasteiger partial charge is 0.351 e. The lowest BCUT2D eigenvalue weighted by atomic mass is 9.95. The minimum atomic E-state index is -0.0285. The number of nitrogens with one attached hydrogen (secondary N) is 1. The van der Waals surface area contributed by atoms with Gasteiger partial charge in [0.25, 0.3) is 0 Å². The normalized spacial score (nSPS) is 21.8. The number of carbonyl (C=O) groups excluding carboxylic acids is 2. The molecular formula is C12H18N2O2S. The average molecular weight is 254 g/mol. The van der Waals surface area contributed by atoms with Crippen molar-refractivity contribution in [3.63, 3.8) is 0 Å². The van der Waals surface area contributed by atoms with Gasteiger partial charge < -0.3 is 10.2 Å². The predicted molar refractivity (Wildman–Crippen MR) is 68.8 cm³/mol. The Morgan fingerprint density at radius 3 is 2.41 bits per heavy atom. The van der Waals surface area contributed by atoms with Gasteiger partial charge in [0, 0.05) is 36.6 Å². The van der Waals surface area contributed by atoms with E-state index in [0.29, 0.717) is 19.1 Å². The third-order valence-corrected chi connectivity index (χ3v) is 4.61. The second-order valence-electron chi connectivity index (χ2n) is 4.55. The standard InChI is InChI=1S/C12H18N2O2S/c1-2-11(15)14-5-3-9(4-6-14)12(16)13-10-7-17-8-10/h2,9-10H,1,3-8H2,(H,13,16). The van der Waals surface area contributed by atoms with Crippen molar-refractivity contribution in [3.05, 3.63) is 12.7 Å². The topological polar surface area (TPSA) is 49.4 Å². The van der Waals surface area contributed by atoms with Crippen LogP contribution in [0.3, 0.4) is 0 Å². The molecule has 94 valence electrons. The zero-order valence-electron chi connectivity index (χ0n) is 9.85. The van der Waals surface area contributed by atoms with Crippen molar-refractivity contribution in [1.82, 2.24) is 10.2 Å². The van der Waals surface area contributed by atoms with E-state index in [-0.39, 0.29) is 17.7 Å². The molecule has 2 rings (SSSR count). The van der Waals surface area contributed by atoms with Crippen LogP contribution < -0.4 is 5.32 Å². The average Bonchev–Trinajstić information content (AvgIpc) is 2.32. The summed E-state index contributed by atoms with van der Waals surface area (Å²) in [5.41, 5.74) is 0. The first-order valence-electron chi connectivity index (χ1n) is 6.00. The molecule has 2 aliphatic heterocycles. The Kier molecular flexibility index (Phi) is 4.10. The molecule has 0 saturated carbocycles. The molecule has 0 spiro atoms. The van der Waals surface area contributed by atoms with Crippen LogP contribution in [0.2, 0.25) is 0 Å². The van der Waals surface area contributed by atoms with Crippen LogP contribution in [0.4, 0.5) is 0 Å². The summed E-state index contributed by atoms with van der Waals surface area (Å²) in [6.45, 7) is 4.81. The molecule has 0 bridgehead atoms. The van der Waals surface area contributed by atoms with Gasteiger partial charge >= 0.3 is 0 Å². The van der Waals surface area contributed by atoms with Gasteiger partial charge in [0.1, 0.15) is 0 Å². The third kappa shape index (κ3) is 3.03. The Labute approximate surface area is 106 Å². The molecule has 0 aromatic rings. The first kappa shape index (κ1) is 12.5. The maximum absolute atomic E-state index is 11.9. The van der Waals surface area contributed by atoms with Crippen LogP contribution in [-0.4, -0.2) is 47.4 Å². The van der Waals surface area contributed by atoms with Crippen LogP contribution in [-0.2, 0) is 9.59 Å². The molecule has 0 aromatic carbocycles. The van der Waals surface area contributed by atoms with Crippen molar-refractivity contribution < 1.29 is 9.59 Å². The molecule has 0 radical (unpaired) electrons. The molecule has 2 heterocycles. The van der Waals surface area contributed by atoms with Crippen molar-refractivity contribution in [2.45, 2.75) is 18.9 Å². The lowest BCUT2D eigenvalue weighted by Gasteiger charge is -2.33. The molecule has 5 heteroatoms. The lowest BCUT2D eigenvalue weighted by molar-refractivity contribution is -0.132. The molecule has 0 unspecified atom stereocenters. The second kappa shape index (κ2) is 5.58. The van der Waals surface area contributed by atoms with Crippen LogP contribution in [0.25, 0.3) is 0 Å². The Hall–Kier alpha value is -0.970. The van der Waals surface area contributed by atoms with Gasteiger partial charge in [0.15, 0.2) is 0 Å². The van der Waals surface area contributed by atoms with Crippen LogP contribution in [0, 0.1) is 5.92 Å². The van der Waals surface area contributed by atoms with Crippen LogP contribution in [0.5, 0.6) is 0 Å². The molecule has 0 aromatic heterocycles. The van der Waals surface area contributed by atoms with E-state index in [2.05, 4.69) is 11.9 Å². The highest BCUT2D eigenvalue weighted by Crippen LogP contribution is 2.21. The van der Waals surface area contributed by atoms with E-state index in [9.17, 15) is 9.59 Å². The molecule has 0 atom stereocenters. The highest BCUT2D eigenvalue weighted by Gasteiger charge is 2.29. The highest BCUT2D eigenvalue weighted by molar-refractivity contribution is 8.00. The monoisotopic (exact) mass is 254 g/mol. The number of piperidine rings is 1.